The third-order valence-electron chi connectivity index (χ3n) is 4.96. The van der Waals surface area contributed by atoms with Gasteiger partial charge in [0.1, 0.15) is 0 Å². The van der Waals surface area contributed by atoms with Gasteiger partial charge >= 0.3 is 7.60 Å². The number of ether oxygens (including phenoxy) is 4. The maximum absolute atomic E-state index is 11.2. The molecule has 2 N–H and O–H groups in total. The van der Waals surface area contributed by atoms with Crippen LogP contribution in [0.2, 0.25) is 0 Å². The zero-order valence-electron chi connectivity index (χ0n) is 17.0. The van der Waals surface area contributed by atoms with Crippen molar-refractivity contribution in [1.82, 2.24) is 4.57 Å². The van der Waals surface area contributed by atoms with Crippen LogP contribution in [0.4, 0.5) is 0 Å². The van der Waals surface area contributed by atoms with Crippen molar-refractivity contribution in [2.75, 3.05) is 34.6 Å². The number of hydrogen-bond donors (Lipinski definition) is 2. The Labute approximate surface area is 169 Å². The van der Waals surface area contributed by atoms with Crippen LogP contribution in [0.1, 0.15) is 12.8 Å². The van der Waals surface area contributed by atoms with Crippen LogP contribution in [0.5, 0.6) is 23.0 Å². The second-order valence-corrected chi connectivity index (χ2v) is 8.47. The number of fused-ring (bicyclic) bond motifs is 3. The fourth-order valence-corrected chi connectivity index (χ4v) is 4.21. The standard InChI is InChI=1S/C20H26NO7P/c1-25-17-9-13-14-10-18(26-2)20(28-4)12-16(14)21(15(13)11-19(17)27-3)7-5-6-8-29(22,23)24/h9-12H,5-8H2,1-4H3,(H2,22,23,24). The predicted octanol–water partition coefficient (Wildman–Crippen LogP) is 3.79. The molecule has 0 unspecified atom stereocenters. The maximum Gasteiger partial charge on any atom is 0.325 e. The number of benzene rings is 2. The fraction of sp³-hybridized carbons (Fsp3) is 0.400. The van der Waals surface area contributed by atoms with E-state index in [0.717, 1.165) is 21.8 Å². The third-order valence-corrected chi connectivity index (χ3v) is 5.86. The summed E-state index contributed by atoms with van der Waals surface area (Å²) in [5, 5.41) is 1.93. The molecular weight excluding hydrogens is 397 g/mol. The van der Waals surface area contributed by atoms with E-state index in [4.69, 9.17) is 28.7 Å². The molecule has 0 aliphatic carbocycles. The Morgan fingerprint density at radius 1 is 0.759 bits per heavy atom. The van der Waals surface area contributed by atoms with Crippen LogP contribution in [-0.2, 0) is 11.1 Å². The van der Waals surface area contributed by atoms with Crippen molar-refractivity contribution in [1.29, 1.82) is 0 Å². The van der Waals surface area contributed by atoms with Gasteiger partial charge < -0.3 is 33.3 Å². The van der Waals surface area contributed by atoms with Gasteiger partial charge in [-0.15, -0.1) is 0 Å². The summed E-state index contributed by atoms with van der Waals surface area (Å²) in [4.78, 5) is 18.2. The van der Waals surface area contributed by atoms with Crippen molar-refractivity contribution < 1.29 is 33.3 Å². The highest BCUT2D eigenvalue weighted by atomic mass is 31.2. The highest BCUT2D eigenvalue weighted by Crippen LogP contribution is 2.42. The van der Waals surface area contributed by atoms with Crippen molar-refractivity contribution >= 4 is 29.4 Å². The van der Waals surface area contributed by atoms with Gasteiger partial charge in [-0.3, -0.25) is 4.57 Å². The van der Waals surface area contributed by atoms with Gasteiger partial charge in [-0.2, -0.15) is 0 Å². The summed E-state index contributed by atoms with van der Waals surface area (Å²) in [6.45, 7) is 0.588. The summed E-state index contributed by atoms with van der Waals surface area (Å²) in [6.07, 6.45) is 0.914. The van der Waals surface area contributed by atoms with Gasteiger partial charge in [-0.05, 0) is 25.0 Å². The Kier molecular flexibility index (Phi) is 6.27. The molecule has 1 heterocycles. The average molecular weight is 423 g/mol. The molecule has 0 fully saturated rings. The van der Waals surface area contributed by atoms with E-state index in [1.807, 2.05) is 24.3 Å². The van der Waals surface area contributed by atoms with Gasteiger partial charge in [0.25, 0.3) is 0 Å². The lowest BCUT2D eigenvalue weighted by Gasteiger charge is -2.11. The van der Waals surface area contributed by atoms with E-state index in [2.05, 4.69) is 4.57 Å². The number of methoxy groups -OCH3 is 4. The van der Waals surface area contributed by atoms with E-state index in [9.17, 15) is 4.57 Å². The van der Waals surface area contributed by atoms with Crippen LogP contribution in [0, 0.1) is 0 Å². The lowest BCUT2D eigenvalue weighted by Crippen LogP contribution is -2.00. The first-order chi connectivity index (χ1) is 13.8. The molecule has 0 atom stereocenters. The molecule has 2 aromatic carbocycles. The van der Waals surface area contributed by atoms with Crippen molar-refractivity contribution in [2.45, 2.75) is 19.4 Å². The SMILES string of the molecule is COc1cc2c3cc(OC)c(OC)cc3n(CCCCP(=O)(O)O)c2cc1OC. The second kappa shape index (κ2) is 8.53. The van der Waals surface area contributed by atoms with E-state index in [1.54, 1.807) is 28.4 Å². The molecule has 0 amide bonds. The molecule has 0 spiro atoms. The summed E-state index contributed by atoms with van der Waals surface area (Å²) >= 11 is 0. The molecule has 9 heteroatoms. The lowest BCUT2D eigenvalue weighted by atomic mass is 10.1. The number of rotatable bonds is 9. The molecule has 29 heavy (non-hydrogen) atoms. The van der Waals surface area contributed by atoms with E-state index in [-0.39, 0.29) is 6.16 Å². The topological polar surface area (TPSA) is 99.4 Å². The molecule has 0 bridgehead atoms. The quantitative estimate of drug-likeness (QED) is 0.399. The van der Waals surface area contributed by atoms with E-state index < -0.39 is 7.60 Å². The number of aromatic nitrogens is 1. The van der Waals surface area contributed by atoms with Crippen LogP contribution in [-0.4, -0.2) is 49.0 Å². The Morgan fingerprint density at radius 2 is 1.17 bits per heavy atom. The molecular formula is C20H26NO7P. The number of unbranched alkanes of at least 4 members (excludes halogenated alkanes) is 1. The van der Waals surface area contributed by atoms with Crippen molar-refractivity contribution in [3.8, 4) is 23.0 Å². The molecule has 158 valence electrons. The summed E-state index contributed by atoms with van der Waals surface area (Å²) in [5.74, 6) is 2.46. The molecule has 0 radical (unpaired) electrons. The van der Waals surface area contributed by atoms with Crippen LogP contribution in [0.15, 0.2) is 24.3 Å². The first-order valence-electron chi connectivity index (χ1n) is 9.17. The highest BCUT2D eigenvalue weighted by molar-refractivity contribution is 7.51. The molecule has 0 saturated carbocycles. The monoisotopic (exact) mass is 423 g/mol. The summed E-state index contributed by atoms with van der Waals surface area (Å²) in [5.41, 5.74) is 1.87. The average Bonchev–Trinajstić information content (AvgIpc) is 2.99. The van der Waals surface area contributed by atoms with E-state index in [0.29, 0.717) is 42.4 Å². The smallest absolute Gasteiger partial charge is 0.325 e. The summed E-state index contributed by atoms with van der Waals surface area (Å²) in [6, 6.07) is 7.68. The Hall–Kier alpha value is -2.41. The Morgan fingerprint density at radius 3 is 1.55 bits per heavy atom. The summed E-state index contributed by atoms with van der Waals surface area (Å²) < 4.78 is 35.1. The first-order valence-corrected chi connectivity index (χ1v) is 11.0. The van der Waals surface area contributed by atoms with E-state index >= 15 is 0 Å². The van der Waals surface area contributed by atoms with E-state index in [1.165, 1.54) is 0 Å². The first kappa shape index (κ1) is 21.3. The number of nitrogens with zero attached hydrogens (tertiary/aromatic N) is 1. The lowest BCUT2D eigenvalue weighted by molar-refractivity contribution is 0.355. The normalized spacial score (nSPS) is 11.8. The zero-order valence-corrected chi connectivity index (χ0v) is 17.9. The van der Waals surface area contributed by atoms with Crippen LogP contribution in [0.25, 0.3) is 21.8 Å². The van der Waals surface area contributed by atoms with Crippen molar-refractivity contribution in [3.63, 3.8) is 0 Å². The van der Waals surface area contributed by atoms with Gasteiger partial charge in [0.05, 0.1) is 39.5 Å². The van der Waals surface area contributed by atoms with Crippen molar-refractivity contribution in [3.05, 3.63) is 24.3 Å². The largest absolute Gasteiger partial charge is 0.493 e. The minimum Gasteiger partial charge on any atom is -0.493 e. The zero-order chi connectivity index (χ0) is 21.2. The third kappa shape index (κ3) is 4.29. The molecule has 3 aromatic rings. The van der Waals surface area contributed by atoms with Gasteiger partial charge in [0.15, 0.2) is 23.0 Å². The molecule has 8 nitrogen and oxygen atoms in total. The van der Waals surface area contributed by atoms with Gasteiger partial charge in [-0.1, -0.05) is 0 Å². The van der Waals surface area contributed by atoms with Gasteiger partial charge in [-0.25, -0.2) is 0 Å². The molecule has 3 rings (SSSR count). The van der Waals surface area contributed by atoms with Gasteiger partial charge in [0.2, 0.25) is 0 Å². The summed E-state index contributed by atoms with van der Waals surface area (Å²) in [7, 11) is 2.36. The maximum atomic E-state index is 11.2. The minimum absolute atomic E-state index is 0.127. The molecule has 0 aliphatic heterocycles. The molecule has 1 aromatic heterocycles. The number of hydrogen-bond acceptors (Lipinski definition) is 5. The Balaban J connectivity index is 2.17. The van der Waals surface area contributed by atoms with Gasteiger partial charge in [0, 0.05) is 35.6 Å². The van der Waals surface area contributed by atoms with Crippen molar-refractivity contribution in [2.24, 2.45) is 0 Å². The second-order valence-electron chi connectivity index (χ2n) is 6.70. The molecule has 0 saturated heterocycles. The fourth-order valence-electron chi connectivity index (χ4n) is 3.57. The molecule has 0 aliphatic rings. The van der Waals surface area contributed by atoms with Crippen LogP contribution in [0.3, 0.4) is 0 Å². The van der Waals surface area contributed by atoms with Crippen LogP contribution < -0.4 is 18.9 Å². The Bertz CT molecular complexity index is 1000. The van der Waals surface area contributed by atoms with Crippen LogP contribution >= 0.6 is 7.60 Å². The highest BCUT2D eigenvalue weighted by Gasteiger charge is 2.19. The number of aryl methyl sites for hydroxylation is 1. The minimum atomic E-state index is -4.00. The predicted molar refractivity (Wildman–Crippen MR) is 112 cm³/mol.